The van der Waals surface area contributed by atoms with Crippen molar-refractivity contribution in [2.24, 2.45) is 11.5 Å². The number of carbonyl (C=O) groups excluding carboxylic acids is 1. The Morgan fingerprint density at radius 3 is 2.72 bits per heavy atom. The van der Waals surface area contributed by atoms with Crippen molar-refractivity contribution in [3.05, 3.63) is 29.3 Å². The van der Waals surface area contributed by atoms with Crippen molar-refractivity contribution in [2.45, 2.75) is 39.2 Å². The minimum absolute atomic E-state index is 0.185. The molecular weight excluding hydrogens is 226 g/mol. The maximum atomic E-state index is 11.4. The average Bonchev–Trinajstić information content (AvgIpc) is 2.34. The van der Waals surface area contributed by atoms with E-state index in [1.165, 1.54) is 0 Å². The topological polar surface area (TPSA) is 81.1 Å². The minimum Gasteiger partial charge on any atom is -0.380 e. The van der Waals surface area contributed by atoms with Crippen LogP contribution in [0, 0.1) is 6.92 Å². The Kier molecular flexibility index (Phi) is 5.65. The third kappa shape index (κ3) is 4.04. The number of rotatable bonds is 7. The molecule has 0 fully saturated rings. The lowest BCUT2D eigenvalue weighted by atomic mass is 10.1. The van der Waals surface area contributed by atoms with Crippen LogP contribution in [-0.2, 0) is 0 Å². The number of hydrogen-bond acceptors (Lipinski definition) is 3. The van der Waals surface area contributed by atoms with E-state index in [0.717, 1.165) is 30.5 Å². The predicted octanol–water partition coefficient (Wildman–Crippen LogP) is 2.02. The quantitative estimate of drug-likeness (QED) is 0.691. The van der Waals surface area contributed by atoms with E-state index in [-0.39, 0.29) is 6.04 Å². The van der Waals surface area contributed by atoms with E-state index in [2.05, 4.69) is 12.2 Å². The smallest absolute Gasteiger partial charge is 0.250 e. The zero-order valence-corrected chi connectivity index (χ0v) is 11.2. The van der Waals surface area contributed by atoms with E-state index < -0.39 is 5.91 Å². The van der Waals surface area contributed by atoms with Gasteiger partial charge in [0.2, 0.25) is 0 Å². The van der Waals surface area contributed by atoms with Gasteiger partial charge in [0.25, 0.3) is 5.91 Å². The molecule has 18 heavy (non-hydrogen) atoms. The summed E-state index contributed by atoms with van der Waals surface area (Å²) in [5, 5.41) is 3.33. The Labute approximate surface area is 109 Å². The highest BCUT2D eigenvalue weighted by atomic mass is 16.1. The van der Waals surface area contributed by atoms with Gasteiger partial charge >= 0.3 is 0 Å². The molecule has 5 N–H and O–H groups in total. The second-order valence-electron chi connectivity index (χ2n) is 4.63. The largest absolute Gasteiger partial charge is 0.380 e. The summed E-state index contributed by atoms with van der Waals surface area (Å²) < 4.78 is 0. The van der Waals surface area contributed by atoms with Gasteiger partial charge in [0.15, 0.2) is 0 Å². The van der Waals surface area contributed by atoms with Crippen molar-refractivity contribution in [1.82, 2.24) is 0 Å². The fraction of sp³-hybridized carbons (Fsp3) is 0.500. The molecular formula is C14H23N3O. The molecule has 4 heteroatoms. The molecule has 0 radical (unpaired) electrons. The van der Waals surface area contributed by atoms with Gasteiger partial charge in [-0.05, 0) is 31.0 Å². The summed E-state index contributed by atoms with van der Waals surface area (Å²) in [4.78, 5) is 11.4. The summed E-state index contributed by atoms with van der Waals surface area (Å²) in [5.74, 6) is -0.413. The Morgan fingerprint density at radius 1 is 1.44 bits per heavy atom. The number of primary amides is 1. The van der Waals surface area contributed by atoms with Crippen LogP contribution in [0.2, 0.25) is 0 Å². The summed E-state index contributed by atoms with van der Waals surface area (Å²) in [5.41, 5.74) is 13.5. The first kappa shape index (κ1) is 14.5. The first-order valence-corrected chi connectivity index (χ1v) is 6.45. The van der Waals surface area contributed by atoms with Gasteiger partial charge in [-0.3, -0.25) is 4.79 Å². The molecule has 1 unspecified atom stereocenters. The predicted molar refractivity (Wildman–Crippen MR) is 75.7 cm³/mol. The monoisotopic (exact) mass is 249 g/mol. The van der Waals surface area contributed by atoms with Crippen molar-refractivity contribution in [3.63, 3.8) is 0 Å². The van der Waals surface area contributed by atoms with Crippen LogP contribution in [0.15, 0.2) is 18.2 Å². The van der Waals surface area contributed by atoms with Crippen LogP contribution < -0.4 is 16.8 Å². The summed E-state index contributed by atoms with van der Waals surface area (Å²) in [6, 6.07) is 5.77. The lowest BCUT2D eigenvalue weighted by Gasteiger charge is -2.20. The highest BCUT2D eigenvalue weighted by molar-refractivity contribution is 5.98. The highest BCUT2D eigenvalue weighted by Gasteiger charge is 2.12. The van der Waals surface area contributed by atoms with Gasteiger partial charge in [-0.1, -0.05) is 25.8 Å². The van der Waals surface area contributed by atoms with Crippen LogP contribution in [0.4, 0.5) is 5.69 Å². The Morgan fingerprint density at radius 2 is 2.17 bits per heavy atom. The molecule has 4 nitrogen and oxygen atoms in total. The molecule has 0 aliphatic carbocycles. The van der Waals surface area contributed by atoms with Crippen LogP contribution >= 0.6 is 0 Å². The molecule has 1 rings (SSSR count). The summed E-state index contributed by atoms with van der Waals surface area (Å²) in [6.07, 6.45) is 3.25. The molecule has 1 aromatic carbocycles. The first-order valence-electron chi connectivity index (χ1n) is 6.45. The normalized spacial score (nSPS) is 12.2. The number of carbonyl (C=O) groups is 1. The first-order chi connectivity index (χ1) is 8.58. The molecule has 0 heterocycles. The van der Waals surface area contributed by atoms with E-state index in [4.69, 9.17) is 11.5 Å². The van der Waals surface area contributed by atoms with Gasteiger partial charge in [0, 0.05) is 18.3 Å². The van der Waals surface area contributed by atoms with E-state index >= 15 is 0 Å². The number of nitrogens with one attached hydrogen (secondary N) is 1. The van der Waals surface area contributed by atoms with Crippen molar-refractivity contribution < 1.29 is 4.79 Å². The molecule has 1 atom stereocenters. The Balaban J connectivity index is 2.86. The number of amides is 1. The van der Waals surface area contributed by atoms with Crippen molar-refractivity contribution in [2.75, 3.05) is 11.9 Å². The molecule has 0 spiro atoms. The van der Waals surface area contributed by atoms with E-state index in [0.29, 0.717) is 12.1 Å². The lowest BCUT2D eigenvalue weighted by molar-refractivity contribution is 0.100. The zero-order valence-electron chi connectivity index (χ0n) is 11.2. The van der Waals surface area contributed by atoms with E-state index in [1.807, 2.05) is 19.1 Å². The molecule has 0 bridgehead atoms. The van der Waals surface area contributed by atoms with Crippen LogP contribution in [0.25, 0.3) is 0 Å². The molecule has 0 saturated carbocycles. The van der Waals surface area contributed by atoms with Crippen molar-refractivity contribution in [3.8, 4) is 0 Å². The third-order valence-electron chi connectivity index (χ3n) is 2.99. The van der Waals surface area contributed by atoms with Gasteiger partial charge in [-0.15, -0.1) is 0 Å². The second-order valence-corrected chi connectivity index (χ2v) is 4.63. The standard InChI is InChI=1S/C14H23N3O/c1-3-4-5-11(9-15)17-13-8-10(2)6-7-12(13)14(16)18/h6-8,11,17H,3-5,9,15H2,1-2H3,(H2,16,18). The molecule has 0 aliphatic heterocycles. The molecule has 1 amide bonds. The Bertz CT molecular complexity index is 404. The molecule has 0 saturated heterocycles. The number of aryl methyl sites for hydroxylation is 1. The number of nitrogens with two attached hydrogens (primary N) is 2. The fourth-order valence-corrected chi connectivity index (χ4v) is 1.91. The molecule has 100 valence electrons. The van der Waals surface area contributed by atoms with Crippen molar-refractivity contribution in [1.29, 1.82) is 0 Å². The number of benzene rings is 1. The SMILES string of the molecule is CCCCC(CN)Nc1cc(C)ccc1C(N)=O. The van der Waals surface area contributed by atoms with Crippen LogP contribution in [0.3, 0.4) is 0 Å². The summed E-state index contributed by atoms with van der Waals surface area (Å²) in [7, 11) is 0. The van der Waals surface area contributed by atoms with Crippen molar-refractivity contribution >= 4 is 11.6 Å². The molecule has 1 aromatic rings. The van der Waals surface area contributed by atoms with E-state index in [9.17, 15) is 4.79 Å². The third-order valence-corrected chi connectivity index (χ3v) is 2.99. The fourth-order valence-electron chi connectivity index (χ4n) is 1.91. The highest BCUT2D eigenvalue weighted by Crippen LogP contribution is 2.19. The maximum Gasteiger partial charge on any atom is 0.250 e. The van der Waals surface area contributed by atoms with Crippen LogP contribution in [0.5, 0.6) is 0 Å². The summed E-state index contributed by atoms with van der Waals surface area (Å²) >= 11 is 0. The maximum absolute atomic E-state index is 11.4. The lowest BCUT2D eigenvalue weighted by Crippen LogP contribution is -2.30. The average molecular weight is 249 g/mol. The number of unbranched alkanes of at least 4 members (excludes halogenated alkanes) is 1. The van der Waals surface area contributed by atoms with E-state index in [1.54, 1.807) is 6.07 Å². The summed E-state index contributed by atoms with van der Waals surface area (Å²) in [6.45, 7) is 4.68. The molecule has 0 aliphatic rings. The van der Waals surface area contributed by atoms with Crippen LogP contribution in [-0.4, -0.2) is 18.5 Å². The van der Waals surface area contributed by atoms with Crippen LogP contribution in [0.1, 0.15) is 42.1 Å². The number of hydrogen-bond donors (Lipinski definition) is 3. The second kappa shape index (κ2) is 7.01. The molecule has 0 aromatic heterocycles. The zero-order chi connectivity index (χ0) is 13.5. The van der Waals surface area contributed by atoms with Gasteiger partial charge < -0.3 is 16.8 Å². The van der Waals surface area contributed by atoms with Gasteiger partial charge in [-0.2, -0.15) is 0 Å². The Hall–Kier alpha value is -1.55. The minimum atomic E-state index is -0.413. The number of anilines is 1. The van der Waals surface area contributed by atoms with Gasteiger partial charge in [0.05, 0.1) is 5.56 Å². The van der Waals surface area contributed by atoms with Gasteiger partial charge in [-0.25, -0.2) is 0 Å². The van der Waals surface area contributed by atoms with Gasteiger partial charge in [0.1, 0.15) is 0 Å².